The molecule has 120 valence electrons. The first kappa shape index (κ1) is 16.3. The van der Waals surface area contributed by atoms with Crippen molar-refractivity contribution in [2.45, 2.75) is 0 Å². The summed E-state index contributed by atoms with van der Waals surface area (Å²) in [6, 6.07) is 15.0. The number of hydrogen-bond acceptors (Lipinski definition) is 3. The average molecular weight is 359 g/mol. The number of aromatic hydroxyl groups is 1. The van der Waals surface area contributed by atoms with Crippen LogP contribution in [0.5, 0.6) is 5.75 Å². The lowest BCUT2D eigenvalue weighted by molar-refractivity contribution is 0.102. The predicted molar refractivity (Wildman–Crippen MR) is 95.8 cm³/mol. The van der Waals surface area contributed by atoms with Gasteiger partial charge >= 0.3 is 0 Å². The zero-order chi connectivity index (χ0) is 17.1. The number of nitrogens with zero attached hydrogens (tertiary/aromatic N) is 1. The topological polar surface area (TPSA) is 62.2 Å². The maximum absolute atomic E-state index is 12.4. The van der Waals surface area contributed by atoms with Crippen molar-refractivity contribution in [3.63, 3.8) is 0 Å². The van der Waals surface area contributed by atoms with Gasteiger partial charge < -0.3 is 10.4 Å². The van der Waals surface area contributed by atoms with Gasteiger partial charge in [-0.05, 0) is 48.0 Å². The van der Waals surface area contributed by atoms with Crippen LogP contribution in [0.25, 0.3) is 11.1 Å². The van der Waals surface area contributed by atoms with Crippen molar-refractivity contribution in [2.24, 2.45) is 0 Å². The molecule has 0 atom stereocenters. The fraction of sp³-hybridized carbons (Fsp3) is 0. The molecule has 2 aromatic carbocycles. The molecule has 0 saturated heterocycles. The summed E-state index contributed by atoms with van der Waals surface area (Å²) >= 11 is 11.9. The van der Waals surface area contributed by atoms with E-state index in [4.69, 9.17) is 23.2 Å². The van der Waals surface area contributed by atoms with E-state index >= 15 is 0 Å². The largest absolute Gasteiger partial charge is 0.508 e. The zero-order valence-electron chi connectivity index (χ0n) is 12.3. The normalized spacial score (nSPS) is 10.4. The lowest BCUT2D eigenvalue weighted by Crippen LogP contribution is -2.13. The Balaban J connectivity index is 1.98. The maximum Gasteiger partial charge on any atom is 0.258 e. The predicted octanol–water partition coefficient (Wildman–Crippen LogP) is 5.01. The SMILES string of the molecule is O=C(Nc1ccc(O)cc1-c1ccc(Cl)cc1)c1cccnc1Cl. The van der Waals surface area contributed by atoms with Crippen LogP contribution in [-0.2, 0) is 0 Å². The Labute approximate surface area is 148 Å². The highest BCUT2D eigenvalue weighted by atomic mass is 35.5. The Hall–Kier alpha value is -2.56. The van der Waals surface area contributed by atoms with Crippen LogP contribution in [0, 0.1) is 0 Å². The van der Waals surface area contributed by atoms with Crippen LogP contribution >= 0.6 is 23.2 Å². The molecular formula is C18H12Cl2N2O2. The van der Waals surface area contributed by atoms with Gasteiger partial charge in [0.2, 0.25) is 0 Å². The number of carbonyl (C=O) groups excluding carboxylic acids is 1. The van der Waals surface area contributed by atoms with Crippen molar-refractivity contribution in [3.05, 3.63) is 76.5 Å². The summed E-state index contributed by atoms with van der Waals surface area (Å²) in [5.41, 5.74) is 2.29. The number of rotatable bonds is 3. The van der Waals surface area contributed by atoms with Gasteiger partial charge in [-0.2, -0.15) is 0 Å². The lowest BCUT2D eigenvalue weighted by atomic mass is 10.0. The van der Waals surface area contributed by atoms with Crippen molar-refractivity contribution in [3.8, 4) is 16.9 Å². The molecule has 24 heavy (non-hydrogen) atoms. The summed E-state index contributed by atoms with van der Waals surface area (Å²) in [7, 11) is 0. The van der Waals surface area contributed by atoms with Crippen molar-refractivity contribution < 1.29 is 9.90 Å². The first-order valence-electron chi connectivity index (χ1n) is 7.05. The number of anilines is 1. The van der Waals surface area contributed by atoms with Gasteiger partial charge in [0.15, 0.2) is 0 Å². The molecule has 0 aliphatic carbocycles. The van der Waals surface area contributed by atoms with E-state index in [2.05, 4.69) is 10.3 Å². The summed E-state index contributed by atoms with van der Waals surface area (Å²) < 4.78 is 0. The number of pyridine rings is 1. The quantitative estimate of drug-likeness (QED) is 0.510. The van der Waals surface area contributed by atoms with Crippen molar-refractivity contribution in [2.75, 3.05) is 5.32 Å². The van der Waals surface area contributed by atoms with Gasteiger partial charge in [0.05, 0.1) is 5.56 Å². The number of nitrogens with one attached hydrogen (secondary N) is 1. The number of hydrogen-bond donors (Lipinski definition) is 2. The molecule has 0 aliphatic heterocycles. The van der Waals surface area contributed by atoms with Crippen LogP contribution in [0.4, 0.5) is 5.69 Å². The molecule has 2 N–H and O–H groups in total. The second-order valence-electron chi connectivity index (χ2n) is 5.03. The standard InChI is InChI=1S/C18H12Cl2N2O2/c19-12-5-3-11(4-6-12)15-10-13(23)7-8-16(15)22-18(24)14-2-1-9-21-17(14)20/h1-10,23H,(H,22,24). The highest BCUT2D eigenvalue weighted by molar-refractivity contribution is 6.33. The molecule has 3 aromatic rings. The van der Waals surface area contributed by atoms with E-state index in [-0.39, 0.29) is 22.4 Å². The third-order valence-electron chi connectivity index (χ3n) is 3.41. The van der Waals surface area contributed by atoms with Crippen molar-refractivity contribution >= 4 is 34.8 Å². The molecule has 6 heteroatoms. The molecule has 3 rings (SSSR count). The van der Waals surface area contributed by atoms with Gasteiger partial charge in [-0.3, -0.25) is 4.79 Å². The van der Waals surface area contributed by atoms with Gasteiger partial charge in [0.1, 0.15) is 10.9 Å². The number of benzene rings is 2. The number of amides is 1. The molecule has 0 spiro atoms. The molecule has 0 aliphatic rings. The molecule has 1 aromatic heterocycles. The zero-order valence-corrected chi connectivity index (χ0v) is 13.8. The van der Waals surface area contributed by atoms with Crippen LogP contribution in [0.3, 0.4) is 0 Å². The Morgan fingerprint density at radius 3 is 2.50 bits per heavy atom. The number of carbonyl (C=O) groups is 1. The first-order valence-corrected chi connectivity index (χ1v) is 7.81. The van der Waals surface area contributed by atoms with Gasteiger partial charge in [-0.1, -0.05) is 35.3 Å². The summed E-state index contributed by atoms with van der Waals surface area (Å²) in [6.45, 7) is 0. The summed E-state index contributed by atoms with van der Waals surface area (Å²) in [4.78, 5) is 16.3. The minimum atomic E-state index is -0.381. The molecule has 0 fully saturated rings. The third kappa shape index (κ3) is 3.50. The van der Waals surface area contributed by atoms with E-state index in [0.29, 0.717) is 16.3 Å². The van der Waals surface area contributed by atoms with Crippen LogP contribution in [0.15, 0.2) is 60.8 Å². The Morgan fingerprint density at radius 2 is 1.79 bits per heavy atom. The van der Waals surface area contributed by atoms with Gasteiger partial charge in [-0.15, -0.1) is 0 Å². The molecule has 4 nitrogen and oxygen atoms in total. The third-order valence-corrected chi connectivity index (χ3v) is 3.96. The smallest absolute Gasteiger partial charge is 0.258 e. The highest BCUT2D eigenvalue weighted by Gasteiger charge is 2.14. The lowest BCUT2D eigenvalue weighted by Gasteiger charge is -2.12. The molecule has 0 saturated carbocycles. The maximum atomic E-state index is 12.4. The molecule has 1 amide bonds. The molecule has 0 unspecified atom stereocenters. The minimum absolute atomic E-state index is 0.0948. The second kappa shape index (κ2) is 6.91. The minimum Gasteiger partial charge on any atom is -0.508 e. The fourth-order valence-corrected chi connectivity index (χ4v) is 2.59. The number of phenolic OH excluding ortho intramolecular Hbond substituents is 1. The first-order chi connectivity index (χ1) is 11.5. The number of aromatic nitrogens is 1. The van der Waals surface area contributed by atoms with Gasteiger partial charge in [0, 0.05) is 22.5 Å². The van der Waals surface area contributed by atoms with E-state index in [1.807, 2.05) is 12.1 Å². The van der Waals surface area contributed by atoms with Crippen molar-refractivity contribution in [1.29, 1.82) is 0 Å². The fourth-order valence-electron chi connectivity index (χ4n) is 2.25. The van der Waals surface area contributed by atoms with Crippen LogP contribution < -0.4 is 5.32 Å². The average Bonchev–Trinajstić information content (AvgIpc) is 2.57. The monoisotopic (exact) mass is 358 g/mol. The summed E-state index contributed by atoms with van der Waals surface area (Å²) in [6.07, 6.45) is 1.51. The van der Waals surface area contributed by atoms with Crippen LogP contribution in [0.1, 0.15) is 10.4 Å². The molecule has 0 radical (unpaired) electrons. The molecule has 0 bridgehead atoms. The van der Waals surface area contributed by atoms with Crippen LogP contribution in [0.2, 0.25) is 10.2 Å². The summed E-state index contributed by atoms with van der Waals surface area (Å²) in [5, 5.41) is 13.3. The van der Waals surface area contributed by atoms with Gasteiger partial charge in [0.25, 0.3) is 5.91 Å². The van der Waals surface area contributed by atoms with E-state index in [1.54, 1.807) is 36.4 Å². The van der Waals surface area contributed by atoms with E-state index in [9.17, 15) is 9.90 Å². The van der Waals surface area contributed by atoms with E-state index in [1.165, 1.54) is 12.3 Å². The summed E-state index contributed by atoms with van der Waals surface area (Å²) in [5.74, 6) is -0.286. The Bertz CT molecular complexity index is 896. The second-order valence-corrected chi connectivity index (χ2v) is 5.83. The Morgan fingerprint density at radius 1 is 1.04 bits per heavy atom. The van der Waals surface area contributed by atoms with Crippen molar-refractivity contribution in [1.82, 2.24) is 4.98 Å². The number of halogens is 2. The highest BCUT2D eigenvalue weighted by Crippen LogP contribution is 2.32. The molecule has 1 heterocycles. The van der Waals surface area contributed by atoms with Gasteiger partial charge in [-0.25, -0.2) is 4.98 Å². The molecular weight excluding hydrogens is 347 g/mol. The van der Waals surface area contributed by atoms with E-state index in [0.717, 1.165) is 5.56 Å². The number of phenols is 1. The van der Waals surface area contributed by atoms with E-state index < -0.39 is 0 Å². The van der Waals surface area contributed by atoms with Crippen LogP contribution in [-0.4, -0.2) is 16.0 Å². The Kier molecular flexibility index (Phi) is 4.69.